The molecule has 3 heterocycles. The summed E-state index contributed by atoms with van der Waals surface area (Å²) in [5, 5.41) is 3.83. The second-order valence-electron chi connectivity index (χ2n) is 11.0. The fourth-order valence-corrected chi connectivity index (χ4v) is 5.94. The van der Waals surface area contributed by atoms with Gasteiger partial charge in [0.25, 0.3) is 5.91 Å². The van der Waals surface area contributed by atoms with Crippen LogP contribution >= 0.6 is 0 Å². The number of benzene rings is 2. The second-order valence-corrected chi connectivity index (χ2v) is 11.0. The quantitative estimate of drug-likeness (QED) is 0.466. The van der Waals surface area contributed by atoms with Gasteiger partial charge in [-0.05, 0) is 55.0 Å². The van der Waals surface area contributed by atoms with Crippen molar-refractivity contribution in [2.24, 2.45) is 11.7 Å². The molecular weight excluding hydrogens is 482 g/mol. The van der Waals surface area contributed by atoms with E-state index < -0.39 is 23.4 Å². The Morgan fingerprint density at radius 2 is 1.89 bits per heavy atom. The molecule has 5 rings (SSSR count). The summed E-state index contributed by atoms with van der Waals surface area (Å²) in [5.74, 6) is -1.55. The minimum atomic E-state index is -1.06. The van der Waals surface area contributed by atoms with Gasteiger partial charge in [-0.3, -0.25) is 19.2 Å². The zero-order valence-corrected chi connectivity index (χ0v) is 22.1. The minimum absolute atomic E-state index is 0.0183. The fraction of sp³-hybridized carbons (Fsp3) is 0.379. The third kappa shape index (κ3) is 4.02. The maximum Gasteiger partial charge on any atom is 0.270 e. The Morgan fingerprint density at radius 1 is 1.16 bits per heavy atom. The van der Waals surface area contributed by atoms with E-state index in [-0.39, 0.29) is 36.6 Å². The van der Waals surface area contributed by atoms with Crippen LogP contribution in [0.2, 0.25) is 0 Å². The number of hydrogen-bond donors (Lipinski definition) is 3. The predicted octanol–water partition coefficient (Wildman–Crippen LogP) is 2.94. The van der Waals surface area contributed by atoms with E-state index in [1.807, 2.05) is 63.2 Å². The van der Waals surface area contributed by atoms with Crippen molar-refractivity contribution in [3.8, 4) is 0 Å². The summed E-state index contributed by atoms with van der Waals surface area (Å²) in [7, 11) is 1.61. The van der Waals surface area contributed by atoms with Crippen LogP contribution in [-0.2, 0) is 19.8 Å². The lowest BCUT2D eigenvalue weighted by atomic mass is 9.79. The first kappa shape index (κ1) is 25.5. The molecule has 0 aliphatic carbocycles. The van der Waals surface area contributed by atoms with E-state index in [0.717, 1.165) is 22.0 Å². The Bertz CT molecular complexity index is 1460. The van der Waals surface area contributed by atoms with Gasteiger partial charge in [0, 0.05) is 30.2 Å². The number of aromatic nitrogens is 1. The third-order valence-electron chi connectivity index (χ3n) is 7.98. The number of nitrogens with one attached hydrogen (secondary N) is 2. The molecule has 4 amide bonds. The highest BCUT2D eigenvalue weighted by Gasteiger charge is 2.57. The summed E-state index contributed by atoms with van der Waals surface area (Å²) in [4.78, 5) is 59.6. The molecule has 2 aliphatic rings. The number of carbonyl (C=O) groups is 4. The van der Waals surface area contributed by atoms with Gasteiger partial charge in [0.1, 0.15) is 17.8 Å². The number of rotatable bonds is 6. The highest BCUT2D eigenvalue weighted by atomic mass is 16.2. The van der Waals surface area contributed by atoms with Crippen LogP contribution < -0.4 is 11.1 Å². The van der Waals surface area contributed by atoms with Gasteiger partial charge in [0.2, 0.25) is 17.7 Å². The van der Waals surface area contributed by atoms with E-state index in [4.69, 9.17) is 5.73 Å². The number of carbonyl (C=O) groups excluding carboxylic acids is 4. The van der Waals surface area contributed by atoms with Gasteiger partial charge >= 0.3 is 0 Å². The number of nitrogens with zero attached hydrogens (tertiary/aromatic N) is 2. The molecule has 0 unspecified atom stereocenters. The summed E-state index contributed by atoms with van der Waals surface area (Å²) in [6.07, 6.45) is 0.488. The number of aromatic amines is 1. The van der Waals surface area contributed by atoms with Crippen LogP contribution in [-0.4, -0.2) is 64.1 Å². The zero-order chi connectivity index (χ0) is 27.4. The molecular formula is C29H33N5O4. The summed E-state index contributed by atoms with van der Waals surface area (Å²) in [6, 6.07) is 13.1. The van der Waals surface area contributed by atoms with Crippen LogP contribution in [0.1, 0.15) is 48.3 Å². The number of likely N-dealkylation sites (tertiary alicyclic amines) is 1. The van der Waals surface area contributed by atoms with Gasteiger partial charge < -0.3 is 25.8 Å². The number of H-pyrrole nitrogens is 1. The molecule has 4 N–H and O–H groups in total. The summed E-state index contributed by atoms with van der Waals surface area (Å²) >= 11 is 0. The number of fused-ring (bicyclic) bond motifs is 3. The molecule has 0 radical (unpaired) electrons. The van der Waals surface area contributed by atoms with Crippen molar-refractivity contribution < 1.29 is 19.2 Å². The Morgan fingerprint density at radius 3 is 2.58 bits per heavy atom. The first-order valence-electron chi connectivity index (χ1n) is 12.9. The number of para-hydroxylation sites is 1. The minimum Gasteiger partial charge on any atom is -0.368 e. The molecule has 1 aromatic heterocycles. The van der Waals surface area contributed by atoms with Crippen molar-refractivity contribution in [1.29, 1.82) is 0 Å². The third-order valence-corrected chi connectivity index (χ3v) is 7.98. The highest BCUT2D eigenvalue weighted by molar-refractivity contribution is 6.08. The largest absolute Gasteiger partial charge is 0.368 e. The molecule has 1 saturated heterocycles. The maximum atomic E-state index is 14.1. The number of anilines is 1. The van der Waals surface area contributed by atoms with Crippen LogP contribution in [0.25, 0.3) is 10.9 Å². The first-order chi connectivity index (χ1) is 18.0. The van der Waals surface area contributed by atoms with E-state index in [1.54, 1.807) is 13.1 Å². The Balaban J connectivity index is 1.48. The number of primary amides is 1. The second kappa shape index (κ2) is 9.31. The van der Waals surface area contributed by atoms with Crippen molar-refractivity contribution in [2.75, 3.05) is 18.9 Å². The Hall–Kier alpha value is -4.14. The molecule has 0 saturated carbocycles. The average molecular weight is 516 g/mol. The lowest BCUT2D eigenvalue weighted by Gasteiger charge is -2.33. The molecule has 9 heteroatoms. The monoisotopic (exact) mass is 515 g/mol. The standard InChI is InChI=1S/C29H33N5O4/c1-16(2)12-23(33(4)26(36)22-13-18-17(3)8-7-11-20(18)31-22)27(37)34-15-29(14-24(34)25(30)35)19-9-5-6-10-21(19)32-28(29)38/h5-11,13,16,23-24,31H,12,14-15H2,1-4H3,(H2,30,35)(H,32,38)/t23-,24-,29-/m0/s1. The van der Waals surface area contributed by atoms with Crippen LogP contribution in [0.3, 0.4) is 0 Å². The number of hydrogen-bond acceptors (Lipinski definition) is 4. The van der Waals surface area contributed by atoms with Crippen LogP contribution in [0.4, 0.5) is 5.69 Å². The summed E-state index contributed by atoms with van der Waals surface area (Å²) < 4.78 is 0. The van der Waals surface area contributed by atoms with Crippen molar-refractivity contribution in [3.05, 3.63) is 65.4 Å². The molecule has 38 heavy (non-hydrogen) atoms. The van der Waals surface area contributed by atoms with Gasteiger partial charge in [0.15, 0.2) is 0 Å². The topological polar surface area (TPSA) is 129 Å². The van der Waals surface area contributed by atoms with E-state index in [0.29, 0.717) is 17.8 Å². The normalized spacial score (nSPS) is 21.1. The van der Waals surface area contributed by atoms with Gasteiger partial charge in [-0.2, -0.15) is 0 Å². The van der Waals surface area contributed by atoms with Crippen molar-refractivity contribution in [3.63, 3.8) is 0 Å². The summed E-state index contributed by atoms with van der Waals surface area (Å²) in [6.45, 7) is 5.94. The van der Waals surface area contributed by atoms with Gasteiger partial charge in [-0.15, -0.1) is 0 Å². The lowest BCUT2D eigenvalue weighted by molar-refractivity contribution is -0.141. The number of aryl methyl sites for hydroxylation is 1. The summed E-state index contributed by atoms with van der Waals surface area (Å²) in [5.41, 5.74) is 8.41. The number of amides is 4. The van der Waals surface area contributed by atoms with E-state index >= 15 is 0 Å². The van der Waals surface area contributed by atoms with Gasteiger partial charge in [-0.1, -0.05) is 44.2 Å². The van der Waals surface area contributed by atoms with Gasteiger partial charge in [-0.25, -0.2) is 0 Å². The molecule has 1 spiro atoms. The first-order valence-corrected chi connectivity index (χ1v) is 12.9. The predicted molar refractivity (Wildman–Crippen MR) is 144 cm³/mol. The molecule has 1 fully saturated rings. The molecule has 2 aliphatic heterocycles. The van der Waals surface area contributed by atoms with Crippen LogP contribution in [0.15, 0.2) is 48.5 Å². The van der Waals surface area contributed by atoms with Crippen molar-refractivity contribution in [1.82, 2.24) is 14.8 Å². The van der Waals surface area contributed by atoms with Crippen LogP contribution in [0, 0.1) is 12.8 Å². The SMILES string of the molecule is Cc1cccc2[nH]c(C(=O)N(C)[C@@H](CC(C)C)C(=O)N3C[C@]4(C[C@H]3C(N)=O)C(=O)Nc3ccccc34)cc12. The van der Waals surface area contributed by atoms with Crippen molar-refractivity contribution in [2.45, 2.75) is 51.1 Å². The molecule has 9 nitrogen and oxygen atoms in total. The number of nitrogens with two attached hydrogens (primary N) is 1. The Labute approximate surface area is 221 Å². The van der Waals surface area contributed by atoms with E-state index in [1.165, 1.54) is 9.80 Å². The van der Waals surface area contributed by atoms with Crippen molar-refractivity contribution >= 4 is 40.2 Å². The highest BCUT2D eigenvalue weighted by Crippen LogP contribution is 2.46. The Kier molecular flexibility index (Phi) is 6.25. The van der Waals surface area contributed by atoms with Crippen LogP contribution in [0.5, 0.6) is 0 Å². The smallest absolute Gasteiger partial charge is 0.270 e. The molecule has 0 bridgehead atoms. The average Bonchev–Trinajstić information content (AvgIpc) is 3.57. The molecule has 3 aromatic rings. The maximum absolute atomic E-state index is 14.1. The lowest BCUT2D eigenvalue weighted by Crippen LogP contribution is -2.54. The van der Waals surface area contributed by atoms with Gasteiger partial charge in [0.05, 0.1) is 5.41 Å². The molecule has 3 atom stereocenters. The zero-order valence-electron chi connectivity index (χ0n) is 22.1. The number of likely N-dealkylation sites (N-methyl/N-ethyl adjacent to an activating group) is 1. The van der Waals surface area contributed by atoms with E-state index in [2.05, 4.69) is 10.3 Å². The fourth-order valence-electron chi connectivity index (χ4n) is 5.94. The van der Waals surface area contributed by atoms with E-state index in [9.17, 15) is 19.2 Å². The molecule has 2 aromatic carbocycles. The molecule has 198 valence electrons.